The zero-order valence-corrected chi connectivity index (χ0v) is 15.9. The number of fused-ring (bicyclic) bond motifs is 2. The summed E-state index contributed by atoms with van der Waals surface area (Å²) in [6.07, 6.45) is 1.96. The van der Waals surface area contributed by atoms with E-state index in [0.717, 1.165) is 18.6 Å². The molecular weight excluding hydrogens is 379 g/mol. The van der Waals surface area contributed by atoms with Crippen LogP contribution in [0, 0.1) is 5.82 Å². The van der Waals surface area contributed by atoms with E-state index in [1.54, 1.807) is 18.2 Å². The fourth-order valence-corrected chi connectivity index (χ4v) is 4.59. The first-order valence-electron chi connectivity index (χ1n) is 9.20. The molecule has 0 spiro atoms. The van der Waals surface area contributed by atoms with Gasteiger partial charge >= 0.3 is 0 Å². The van der Waals surface area contributed by atoms with Gasteiger partial charge in [-0.25, -0.2) is 4.39 Å². The lowest BCUT2D eigenvalue weighted by Gasteiger charge is -2.14. The van der Waals surface area contributed by atoms with Gasteiger partial charge in [-0.2, -0.15) is 0 Å². The van der Waals surface area contributed by atoms with E-state index in [1.807, 2.05) is 23.6 Å². The molecule has 5 rings (SSSR count). The Balaban J connectivity index is 1.80. The lowest BCUT2D eigenvalue weighted by atomic mass is 10.0. The van der Waals surface area contributed by atoms with Crippen LogP contribution in [0.2, 0.25) is 0 Å². The number of hydrogen-bond acceptors (Lipinski definition) is 4. The molecule has 0 atom stereocenters. The summed E-state index contributed by atoms with van der Waals surface area (Å²) in [6.45, 7) is 2.47. The van der Waals surface area contributed by atoms with Crippen LogP contribution in [-0.2, 0) is 0 Å². The number of rotatable bonds is 4. The molecule has 1 fully saturated rings. The third-order valence-electron chi connectivity index (χ3n) is 5.11. The van der Waals surface area contributed by atoms with Gasteiger partial charge in [0.25, 0.3) is 5.56 Å². The Labute approximate surface area is 163 Å². The van der Waals surface area contributed by atoms with E-state index < -0.39 is 16.8 Å². The minimum absolute atomic E-state index is 0.123. The van der Waals surface area contributed by atoms with Crippen molar-refractivity contribution >= 4 is 32.7 Å². The van der Waals surface area contributed by atoms with Crippen LogP contribution in [0.4, 0.5) is 4.39 Å². The van der Waals surface area contributed by atoms with Crippen LogP contribution in [0.3, 0.4) is 0 Å². The van der Waals surface area contributed by atoms with Gasteiger partial charge in [0.1, 0.15) is 21.8 Å². The molecule has 2 aromatic heterocycles. The summed E-state index contributed by atoms with van der Waals surface area (Å²) >= 11 is 1.17. The maximum atomic E-state index is 14.9. The number of nitrogens with one attached hydrogen (secondary N) is 1. The predicted octanol–water partition coefficient (Wildman–Crippen LogP) is 4.44. The molecule has 0 unspecified atom stereocenters. The van der Waals surface area contributed by atoms with Crippen LogP contribution in [0.15, 0.2) is 46.0 Å². The molecule has 1 aliphatic carbocycles. The van der Waals surface area contributed by atoms with Crippen molar-refractivity contribution in [2.45, 2.75) is 25.8 Å². The molecule has 2 aromatic carbocycles. The molecule has 1 N–H and O–H groups in total. The van der Waals surface area contributed by atoms with Crippen molar-refractivity contribution < 1.29 is 9.13 Å². The molecule has 0 amide bonds. The van der Waals surface area contributed by atoms with Crippen molar-refractivity contribution in [1.82, 2.24) is 8.94 Å². The van der Waals surface area contributed by atoms with Crippen molar-refractivity contribution in [1.29, 1.82) is 0 Å². The number of H-pyrrole nitrogens is 1. The molecule has 0 radical (unpaired) electrons. The molecule has 0 bridgehead atoms. The van der Waals surface area contributed by atoms with Crippen LogP contribution in [0.5, 0.6) is 5.75 Å². The molecule has 0 aliphatic heterocycles. The molecular formula is C21H17FN2O3S. The highest BCUT2D eigenvalue weighted by Crippen LogP contribution is 2.40. The van der Waals surface area contributed by atoms with Gasteiger partial charge in [-0.3, -0.25) is 14.0 Å². The molecule has 4 aromatic rings. The second kappa shape index (κ2) is 6.31. The van der Waals surface area contributed by atoms with Gasteiger partial charge in [-0.05, 0) is 61.1 Å². The summed E-state index contributed by atoms with van der Waals surface area (Å²) in [5.41, 5.74) is 0.978. The number of pyridine rings is 1. The summed E-state index contributed by atoms with van der Waals surface area (Å²) in [7, 11) is 0. The van der Waals surface area contributed by atoms with Crippen LogP contribution in [0.1, 0.15) is 25.8 Å². The molecule has 5 nitrogen and oxygen atoms in total. The normalized spacial score (nSPS) is 14.1. The fourth-order valence-electron chi connectivity index (χ4n) is 3.66. The first kappa shape index (κ1) is 17.2. The Morgan fingerprint density at radius 2 is 1.96 bits per heavy atom. The van der Waals surface area contributed by atoms with Gasteiger partial charge in [0.2, 0.25) is 5.43 Å². The highest BCUT2D eigenvalue weighted by Gasteiger charge is 2.29. The highest BCUT2D eigenvalue weighted by molar-refractivity contribution is 7.12. The van der Waals surface area contributed by atoms with Gasteiger partial charge in [-0.1, -0.05) is 12.1 Å². The summed E-state index contributed by atoms with van der Waals surface area (Å²) < 4.78 is 25.1. The first-order valence-corrected chi connectivity index (χ1v) is 10.0. The Hall–Kier alpha value is -2.93. The predicted molar refractivity (Wildman–Crippen MR) is 109 cm³/mol. The number of nitrogens with zero attached hydrogens (tertiary/aromatic N) is 1. The van der Waals surface area contributed by atoms with E-state index in [4.69, 9.17) is 4.74 Å². The molecule has 142 valence electrons. The molecule has 7 heteroatoms. The van der Waals surface area contributed by atoms with Crippen LogP contribution in [0.25, 0.3) is 32.2 Å². The van der Waals surface area contributed by atoms with E-state index in [1.165, 1.54) is 17.6 Å². The SMILES string of the molecule is CCOc1ccc(-c2cc3c(cc2F)c(=O)c2c(=O)[nH]sc2n3C2CC2)cc1. The maximum Gasteiger partial charge on any atom is 0.271 e. The van der Waals surface area contributed by atoms with E-state index in [0.29, 0.717) is 28.1 Å². The Morgan fingerprint density at radius 1 is 1.21 bits per heavy atom. The van der Waals surface area contributed by atoms with Crippen molar-refractivity contribution in [2.75, 3.05) is 6.61 Å². The van der Waals surface area contributed by atoms with Gasteiger partial charge in [-0.15, -0.1) is 0 Å². The zero-order chi connectivity index (χ0) is 19.4. The monoisotopic (exact) mass is 396 g/mol. The second-order valence-electron chi connectivity index (χ2n) is 6.95. The number of ether oxygens (including phenoxy) is 1. The standard InChI is InChI=1S/C21H17FN2O3S/c1-2-27-13-7-3-11(4-8-13)14-10-17-15(9-16(14)22)19(25)18-20(26)23-28-21(18)24(17)12-5-6-12/h3-4,7-10,12H,2,5-6H2,1H3,(H,23,26). The molecule has 2 heterocycles. The van der Waals surface area contributed by atoms with E-state index in [-0.39, 0.29) is 16.8 Å². The summed E-state index contributed by atoms with van der Waals surface area (Å²) in [5, 5.41) is 0.369. The lowest BCUT2D eigenvalue weighted by Crippen LogP contribution is -2.15. The smallest absolute Gasteiger partial charge is 0.271 e. The van der Waals surface area contributed by atoms with E-state index in [9.17, 15) is 14.0 Å². The minimum Gasteiger partial charge on any atom is -0.494 e. The Morgan fingerprint density at radius 3 is 2.64 bits per heavy atom. The summed E-state index contributed by atoms with van der Waals surface area (Å²) in [4.78, 5) is 25.6. The number of aromatic nitrogens is 2. The largest absolute Gasteiger partial charge is 0.494 e. The third kappa shape index (κ3) is 2.57. The fraction of sp³-hybridized carbons (Fsp3) is 0.238. The number of halogens is 1. The summed E-state index contributed by atoms with van der Waals surface area (Å²) in [6, 6.07) is 10.4. The van der Waals surface area contributed by atoms with Gasteiger partial charge in [0, 0.05) is 17.0 Å². The number of aromatic amines is 1. The molecule has 1 saturated carbocycles. The summed E-state index contributed by atoms with van der Waals surface area (Å²) in [5.74, 6) is 0.239. The Bertz CT molecular complexity index is 1330. The zero-order valence-electron chi connectivity index (χ0n) is 15.1. The minimum atomic E-state index is -0.484. The average Bonchev–Trinajstić information content (AvgIpc) is 3.45. The molecule has 0 saturated heterocycles. The molecule has 28 heavy (non-hydrogen) atoms. The lowest BCUT2D eigenvalue weighted by molar-refractivity contribution is 0.340. The van der Waals surface area contributed by atoms with Crippen molar-refractivity contribution in [3.8, 4) is 16.9 Å². The van der Waals surface area contributed by atoms with Gasteiger partial charge in [0.05, 0.1) is 12.1 Å². The number of benzene rings is 2. The maximum absolute atomic E-state index is 14.9. The average molecular weight is 396 g/mol. The first-order chi connectivity index (χ1) is 13.6. The molecule has 1 aliphatic rings. The van der Waals surface area contributed by atoms with Gasteiger partial charge in [0.15, 0.2) is 0 Å². The number of hydrogen-bond donors (Lipinski definition) is 1. The van der Waals surface area contributed by atoms with Crippen LogP contribution < -0.4 is 15.7 Å². The van der Waals surface area contributed by atoms with E-state index >= 15 is 0 Å². The quantitative estimate of drug-likeness (QED) is 0.555. The van der Waals surface area contributed by atoms with Crippen molar-refractivity contribution in [3.63, 3.8) is 0 Å². The second-order valence-corrected chi connectivity index (χ2v) is 7.75. The van der Waals surface area contributed by atoms with E-state index in [2.05, 4.69) is 4.37 Å². The Kier molecular flexibility index (Phi) is 3.87. The highest BCUT2D eigenvalue weighted by atomic mass is 32.1. The topological polar surface area (TPSA) is 64.1 Å². The van der Waals surface area contributed by atoms with Crippen molar-refractivity contribution in [2.24, 2.45) is 0 Å². The van der Waals surface area contributed by atoms with Gasteiger partial charge < -0.3 is 9.30 Å². The van der Waals surface area contributed by atoms with Crippen LogP contribution in [-0.4, -0.2) is 15.5 Å². The van der Waals surface area contributed by atoms with Crippen LogP contribution >= 0.6 is 11.5 Å². The third-order valence-corrected chi connectivity index (χ3v) is 5.99. The van der Waals surface area contributed by atoms with Crippen molar-refractivity contribution in [3.05, 3.63) is 62.8 Å².